The van der Waals surface area contributed by atoms with Crippen LogP contribution in [0.4, 0.5) is 0 Å². The van der Waals surface area contributed by atoms with Crippen molar-refractivity contribution in [3.63, 3.8) is 0 Å². The minimum atomic E-state index is -1.61. The number of carboxylic acid groups (broad SMARTS) is 3. The second-order valence-electron chi connectivity index (χ2n) is 6.04. The van der Waals surface area contributed by atoms with E-state index in [1.54, 1.807) is 0 Å². The van der Waals surface area contributed by atoms with Gasteiger partial charge in [0.1, 0.15) is 12.1 Å². The fraction of sp³-hybridized carbons (Fsp3) is 0.533. The van der Waals surface area contributed by atoms with Crippen LogP contribution in [0.25, 0.3) is 0 Å². The maximum absolute atomic E-state index is 12.2. The van der Waals surface area contributed by atoms with Crippen LogP contribution in [-0.2, 0) is 33.6 Å². The van der Waals surface area contributed by atoms with Gasteiger partial charge in [0.2, 0.25) is 23.6 Å². The van der Waals surface area contributed by atoms with Crippen LogP contribution >= 0.6 is 0 Å². The summed E-state index contributed by atoms with van der Waals surface area (Å²) < 4.78 is 0. The first kappa shape index (κ1) is 26.2. The van der Waals surface area contributed by atoms with E-state index in [0.717, 1.165) is 0 Å². The molecule has 0 aromatic heterocycles. The number of nitrogens with one attached hydrogen (secondary N) is 3. The van der Waals surface area contributed by atoms with Gasteiger partial charge in [0.05, 0.1) is 25.4 Å². The highest BCUT2D eigenvalue weighted by Gasteiger charge is 2.28. The van der Waals surface area contributed by atoms with E-state index in [2.05, 4.69) is 5.32 Å². The molecule has 0 aliphatic heterocycles. The van der Waals surface area contributed by atoms with Gasteiger partial charge in [-0.05, 0) is 6.42 Å². The van der Waals surface area contributed by atoms with Gasteiger partial charge in [-0.1, -0.05) is 0 Å². The van der Waals surface area contributed by atoms with E-state index in [9.17, 15) is 33.6 Å². The third-order valence-corrected chi connectivity index (χ3v) is 3.47. The van der Waals surface area contributed by atoms with Crippen LogP contribution < -0.4 is 27.4 Å². The maximum Gasteiger partial charge on any atom is 0.326 e. The standard InChI is InChI=1S/C15H23N5O10/c16-6(3-12(25)26)13(27)18-5-10(22)19-8(4-9(17)21)14(28)20-7(15(29)30)1-2-11(23)24/h6-8H,1-5,16H2,(H2,17,21)(H,18,27)(H,19,22)(H,20,28)(H,23,24)(H,25,26)(H,29,30)/t6-,7-,8-/m0/s1. The number of rotatable bonds is 14. The van der Waals surface area contributed by atoms with E-state index in [0.29, 0.717) is 0 Å². The van der Waals surface area contributed by atoms with Crippen LogP contribution in [0.1, 0.15) is 25.7 Å². The zero-order valence-corrected chi connectivity index (χ0v) is 15.6. The summed E-state index contributed by atoms with van der Waals surface area (Å²) in [5.74, 6) is -8.24. The number of primary amides is 1. The zero-order valence-electron chi connectivity index (χ0n) is 15.6. The number of carbonyl (C=O) groups excluding carboxylic acids is 4. The van der Waals surface area contributed by atoms with Gasteiger partial charge < -0.3 is 42.7 Å². The first-order valence-electron chi connectivity index (χ1n) is 8.41. The highest BCUT2D eigenvalue weighted by atomic mass is 16.4. The Morgan fingerprint density at radius 2 is 1.40 bits per heavy atom. The van der Waals surface area contributed by atoms with E-state index in [1.807, 2.05) is 10.6 Å². The Morgan fingerprint density at radius 3 is 1.87 bits per heavy atom. The molecule has 0 unspecified atom stereocenters. The molecule has 10 N–H and O–H groups in total. The molecule has 0 rings (SSSR count). The lowest BCUT2D eigenvalue weighted by Crippen LogP contribution is -2.54. The normalized spacial score (nSPS) is 13.2. The number of carbonyl (C=O) groups is 7. The summed E-state index contributed by atoms with van der Waals surface area (Å²) in [4.78, 5) is 79.1. The van der Waals surface area contributed by atoms with Crippen LogP contribution in [0, 0.1) is 0 Å². The molecule has 15 heteroatoms. The van der Waals surface area contributed by atoms with Crippen LogP contribution in [0.3, 0.4) is 0 Å². The van der Waals surface area contributed by atoms with Gasteiger partial charge in [-0.25, -0.2) is 4.79 Å². The Balaban J connectivity index is 4.94. The first-order chi connectivity index (χ1) is 13.8. The van der Waals surface area contributed by atoms with E-state index >= 15 is 0 Å². The lowest BCUT2D eigenvalue weighted by molar-refractivity contribution is -0.143. The minimum absolute atomic E-state index is 0.453. The predicted molar refractivity (Wildman–Crippen MR) is 95.4 cm³/mol. The maximum atomic E-state index is 12.2. The molecule has 0 aliphatic carbocycles. The van der Waals surface area contributed by atoms with Crippen molar-refractivity contribution in [3.05, 3.63) is 0 Å². The smallest absolute Gasteiger partial charge is 0.326 e. The fourth-order valence-corrected chi connectivity index (χ4v) is 2.03. The molecule has 0 heterocycles. The van der Waals surface area contributed by atoms with E-state index in [4.69, 9.17) is 26.8 Å². The number of hydrogen-bond donors (Lipinski definition) is 8. The molecule has 0 saturated heterocycles. The van der Waals surface area contributed by atoms with Crippen LogP contribution in [0.2, 0.25) is 0 Å². The van der Waals surface area contributed by atoms with Crippen molar-refractivity contribution in [2.45, 2.75) is 43.8 Å². The Labute approximate surface area is 169 Å². The molecular formula is C15H23N5O10. The molecule has 0 saturated carbocycles. The number of aliphatic carboxylic acids is 3. The molecule has 0 aromatic carbocycles. The quantitative estimate of drug-likeness (QED) is 0.130. The van der Waals surface area contributed by atoms with Gasteiger partial charge in [-0.15, -0.1) is 0 Å². The Kier molecular flexibility index (Phi) is 11.1. The summed E-state index contributed by atoms with van der Waals surface area (Å²) in [6, 6.07) is -4.63. The zero-order chi connectivity index (χ0) is 23.4. The Bertz CT molecular complexity index is 710. The van der Waals surface area contributed by atoms with Gasteiger partial charge in [0.25, 0.3) is 0 Å². The van der Waals surface area contributed by atoms with Crippen LogP contribution in [0.5, 0.6) is 0 Å². The lowest BCUT2D eigenvalue weighted by atomic mass is 10.1. The number of nitrogens with two attached hydrogens (primary N) is 2. The predicted octanol–water partition coefficient (Wildman–Crippen LogP) is -4.30. The third kappa shape index (κ3) is 11.2. The first-order valence-corrected chi connectivity index (χ1v) is 8.41. The molecule has 0 spiro atoms. The monoisotopic (exact) mass is 433 g/mol. The molecule has 0 radical (unpaired) electrons. The topological polar surface area (TPSA) is 268 Å². The summed E-state index contributed by atoms with van der Waals surface area (Å²) in [7, 11) is 0. The molecule has 168 valence electrons. The summed E-state index contributed by atoms with van der Waals surface area (Å²) in [5.41, 5.74) is 10.3. The molecule has 4 amide bonds. The van der Waals surface area contributed by atoms with Crippen LogP contribution in [0.15, 0.2) is 0 Å². The van der Waals surface area contributed by atoms with Crippen molar-refractivity contribution in [2.24, 2.45) is 11.5 Å². The van der Waals surface area contributed by atoms with Gasteiger partial charge in [0.15, 0.2) is 0 Å². The number of amides is 4. The Morgan fingerprint density at radius 1 is 0.800 bits per heavy atom. The minimum Gasteiger partial charge on any atom is -0.481 e. The van der Waals surface area contributed by atoms with Crippen molar-refractivity contribution in [1.29, 1.82) is 0 Å². The van der Waals surface area contributed by atoms with E-state index in [1.165, 1.54) is 0 Å². The second-order valence-corrected chi connectivity index (χ2v) is 6.04. The molecule has 0 aromatic rings. The highest BCUT2D eigenvalue weighted by Crippen LogP contribution is 2.01. The number of carboxylic acids is 3. The largest absolute Gasteiger partial charge is 0.481 e. The van der Waals surface area contributed by atoms with Crippen LogP contribution in [-0.4, -0.2) is 81.5 Å². The lowest BCUT2D eigenvalue weighted by Gasteiger charge is -2.20. The fourth-order valence-electron chi connectivity index (χ4n) is 2.03. The third-order valence-electron chi connectivity index (χ3n) is 3.47. The molecular weight excluding hydrogens is 410 g/mol. The molecule has 3 atom stereocenters. The SMILES string of the molecule is NC(=O)C[C@H](NC(=O)CNC(=O)[C@@H](N)CC(=O)O)C(=O)N[C@@H](CCC(=O)O)C(=O)O. The number of hydrogen-bond acceptors (Lipinski definition) is 8. The molecule has 0 aliphatic rings. The second kappa shape index (κ2) is 12.7. The van der Waals surface area contributed by atoms with Gasteiger partial charge >= 0.3 is 17.9 Å². The molecule has 15 nitrogen and oxygen atoms in total. The Hall–Kier alpha value is -3.75. The summed E-state index contributed by atoms with van der Waals surface area (Å²) in [6.07, 6.45) is -2.42. The van der Waals surface area contributed by atoms with Gasteiger partial charge in [-0.2, -0.15) is 0 Å². The van der Waals surface area contributed by atoms with Crippen molar-refractivity contribution in [2.75, 3.05) is 6.54 Å². The average molecular weight is 433 g/mol. The van der Waals surface area contributed by atoms with Crippen molar-refractivity contribution in [3.8, 4) is 0 Å². The van der Waals surface area contributed by atoms with Crippen molar-refractivity contribution in [1.82, 2.24) is 16.0 Å². The molecule has 0 fully saturated rings. The summed E-state index contributed by atoms with van der Waals surface area (Å²) in [6.45, 7) is -0.726. The average Bonchev–Trinajstić information content (AvgIpc) is 2.60. The van der Waals surface area contributed by atoms with Gasteiger partial charge in [0, 0.05) is 6.42 Å². The van der Waals surface area contributed by atoms with Crippen molar-refractivity contribution < 1.29 is 48.9 Å². The highest BCUT2D eigenvalue weighted by molar-refractivity contribution is 5.95. The summed E-state index contributed by atoms with van der Waals surface area (Å²) in [5, 5.41) is 32.3. The van der Waals surface area contributed by atoms with E-state index < -0.39 is 91.9 Å². The molecule has 0 bridgehead atoms. The van der Waals surface area contributed by atoms with Crippen molar-refractivity contribution >= 4 is 41.5 Å². The van der Waals surface area contributed by atoms with E-state index in [-0.39, 0.29) is 0 Å². The molecule has 30 heavy (non-hydrogen) atoms. The summed E-state index contributed by atoms with van der Waals surface area (Å²) >= 11 is 0. The van der Waals surface area contributed by atoms with Gasteiger partial charge in [-0.3, -0.25) is 28.8 Å².